The summed E-state index contributed by atoms with van der Waals surface area (Å²) in [4.78, 5) is 0. The van der Waals surface area contributed by atoms with Crippen molar-refractivity contribution in [2.45, 2.75) is 113 Å². The molecule has 0 saturated heterocycles. The highest BCUT2D eigenvalue weighted by Crippen LogP contribution is 2.74. The second-order valence-electron chi connectivity index (χ2n) is 7.77. The fraction of sp³-hybridized carbons (Fsp3) is 1.00. The maximum absolute atomic E-state index is 8.54. The Hall–Kier alpha value is 0.495. The van der Waals surface area contributed by atoms with Crippen molar-refractivity contribution in [2.24, 2.45) is 0 Å². The van der Waals surface area contributed by atoms with Crippen LogP contribution in [0.1, 0.15) is 96.3 Å². The molecule has 20 heavy (non-hydrogen) atoms. The quantitative estimate of drug-likeness (QED) is 0.452. The van der Waals surface area contributed by atoms with E-state index in [1.807, 2.05) is 0 Å². The predicted octanol–water partition coefficient (Wildman–Crippen LogP) is 5.82. The molecule has 3 fully saturated rings. The van der Waals surface area contributed by atoms with Gasteiger partial charge in [0.05, 0.1) is 0 Å². The Balaban J connectivity index is 1.85. The minimum atomic E-state index is -1.16. The summed E-state index contributed by atoms with van der Waals surface area (Å²) in [6.45, 7) is 0. The van der Waals surface area contributed by atoms with E-state index in [1.54, 1.807) is 0 Å². The highest BCUT2D eigenvalue weighted by atomic mass is 31.2. The predicted molar refractivity (Wildman–Crippen MR) is 94.7 cm³/mol. The lowest BCUT2D eigenvalue weighted by atomic mass is 9.98. The van der Waals surface area contributed by atoms with Crippen LogP contribution in [0, 0.1) is 0 Å². The lowest BCUT2D eigenvalue weighted by Gasteiger charge is -2.55. The van der Waals surface area contributed by atoms with Gasteiger partial charge in [-0.3, -0.25) is 0 Å². The summed E-state index contributed by atoms with van der Waals surface area (Å²) in [6.07, 6.45) is 21.9. The molecule has 0 heterocycles. The van der Waals surface area contributed by atoms with Gasteiger partial charge in [0.15, 0.2) is 0 Å². The van der Waals surface area contributed by atoms with E-state index < -0.39 is 7.14 Å². The van der Waals surface area contributed by atoms with Gasteiger partial charge in [0.25, 0.3) is 0 Å². The second kappa shape index (κ2) is 7.17. The van der Waals surface area contributed by atoms with Gasteiger partial charge in [-0.1, -0.05) is 26.8 Å². The van der Waals surface area contributed by atoms with E-state index in [0.29, 0.717) is 0 Å². The normalized spacial score (nSPS) is 29.3. The summed E-state index contributed by atoms with van der Waals surface area (Å²) in [7, 11) is 0.958. The van der Waals surface area contributed by atoms with Crippen molar-refractivity contribution in [1.82, 2.24) is 0 Å². The lowest BCUT2D eigenvalue weighted by Crippen LogP contribution is -2.36. The van der Waals surface area contributed by atoms with Gasteiger partial charge in [-0.25, -0.2) is 8.48 Å². The van der Waals surface area contributed by atoms with Crippen molar-refractivity contribution >= 4 is 14.7 Å². The fourth-order valence-corrected chi connectivity index (χ4v) is 11.0. The molecule has 0 N–H and O–H groups in total. The molecule has 3 rings (SSSR count). The SMILES string of the molecule is [2H][B-][P+](C1CCCCC1)(C1CCCCC1)C1CCCCC1. The zero-order valence-corrected chi connectivity index (χ0v) is 14.3. The second-order valence-corrected chi connectivity index (χ2v) is 11.7. The van der Waals surface area contributed by atoms with Gasteiger partial charge >= 0.3 is 0 Å². The van der Waals surface area contributed by atoms with Crippen LogP contribution >= 0.6 is 7.14 Å². The third-order valence-corrected chi connectivity index (χ3v) is 12.0. The maximum atomic E-state index is 8.54. The van der Waals surface area contributed by atoms with Crippen molar-refractivity contribution < 1.29 is 0 Å². The molecule has 0 amide bonds. The van der Waals surface area contributed by atoms with Crippen LogP contribution in [0.2, 0.25) is 0 Å². The van der Waals surface area contributed by atoms with E-state index in [2.05, 4.69) is 7.53 Å². The van der Waals surface area contributed by atoms with Crippen LogP contribution in [0.25, 0.3) is 0 Å². The molecule has 2 radical (unpaired) electrons. The van der Waals surface area contributed by atoms with Crippen LogP contribution in [-0.4, -0.2) is 25.8 Å². The monoisotopic (exact) mass is 293 g/mol. The van der Waals surface area contributed by atoms with E-state index in [1.165, 1.54) is 96.3 Å². The van der Waals surface area contributed by atoms with Gasteiger partial charge < -0.3 is 0 Å². The molecular formula is C18H34BP. The van der Waals surface area contributed by atoms with Crippen LogP contribution < -0.4 is 0 Å². The molecule has 0 aliphatic heterocycles. The third-order valence-electron chi connectivity index (χ3n) is 6.62. The topological polar surface area (TPSA) is 0 Å². The van der Waals surface area contributed by atoms with Gasteiger partial charge in [0, 0.05) is 17.0 Å². The van der Waals surface area contributed by atoms with Gasteiger partial charge in [-0.15, -0.1) is 0 Å². The number of rotatable bonds is 4. The highest BCUT2D eigenvalue weighted by Gasteiger charge is 2.45. The first-order valence-electron chi connectivity index (χ1n) is 10.1. The molecule has 3 saturated carbocycles. The molecule has 0 aromatic heterocycles. The smallest absolute Gasteiger partial charge is 0.0253 e. The molecule has 0 aromatic rings. The molecule has 0 unspecified atom stereocenters. The summed E-state index contributed by atoms with van der Waals surface area (Å²) >= 11 is 0. The summed E-state index contributed by atoms with van der Waals surface area (Å²) in [6, 6.07) is 0. The average molecular weight is 293 g/mol. The molecule has 0 bridgehead atoms. The van der Waals surface area contributed by atoms with Gasteiger partial charge in [-0.05, 0) is 77.0 Å². The van der Waals surface area contributed by atoms with Crippen molar-refractivity contribution in [2.75, 3.05) is 0 Å². The van der Waals surface area contributed by atoms with E-state index >= 15 is 0 Å². The minimum Gasteiger partial charge on any atom is -0.247 e. The van der Waals surface area contributed by atoms with Crippen molar-refractivity contribution in [3.05, 3.63) is 0 Å². The largest absolute Gasteiger partial charge is 0.247 e. The van der Waals surface area contributed by atoms with E-state index in [4.69, 9.17) is 1.34 Å². The summed E-state index contributed by atoms with van der Waals surface area (Å²) in [5.74, 6) is 0. The van der Waals surface area contributed by atoms with Crippen LogP contribution in [-0.2, 0) is 0 Å². The number of hydrogen-bond donors (Lipinski definition) is 0. The van der Waals surface area contributed by atoms with E-state index in [0.717, 1.165) is 17.0 Å². The van der Waals surface area contributed by atoms with Crippen LogP contribution in [0.4, 0.5) is 0 Å². The zero-order valence-electron chi connectivity index (χ0n) is 14.4. The third kappa shape index (κ3) is 3.13. The summed E-state index contributed by atoms with van der Waals surface area (Å²) in [5.41, 5.74) is 2.86. The molecule has 114 valence electrons. The molecule has 0 aromatic carbocycles. The van der Waals surface area contributed by atoms with Crippen LogP contribution in [0.3, 0.4) is 0 Å². The highest BCUT2D eigenvalue weighted by molar-refractivity contribution is 7.99. The molecular weight excluding hydrogens is 258 g/mol. The molecule has 0 nitrogen and oxygen atoms in total. The first-order valence-corrected chi connectivity index (χ1v) is 11.5. The van der Waals surface area contributed by atoms with Crippen LogP contribution in [0.5, 0.6) is 0 Å². The molecule has 0 spiro atoms. The van der Waals surface area contributed by atoms with Crippen LogP contribution in [0.15, 0.2) is 0 Å². The number of hydrogen-bond acceptors (Lipinski definition) is 0. The molecule has 3 aliphatic carbocycles. The first-order chi connectivity index (χ1) is 10.4. The Morgan fingerprint density at radius 2 is 0.850 bits per heavy atom. The van der Waals surface area contributed by atoms with Crippen molar-refractivity contribution in [3.8, 4) is 0 Å². The maximum Gasteiger partial charge on any atom is 0.0253 e. The fourth-order valence-electron chi connectivity index (χ4n) is 5.48. The summed E-state index contributed by atoms with van der Waals surface area (Å²) in [5, 5.41) is 0. The van der Waals surface area contributed by atoms with Crippen molar-refractivity contribution in [3.63, 3.8) is 0 Å². The summed E-state index contributed by atoms with van der Waals surface area (Å²) < 4.78 is 8.54. The Morgan fingerprint density at radius 1 is 0.550 bits per heavy atom. The zero-order chi connectivity index (χ0) is 14.5. The first kappa shape index (κ1) is 14.1. The van der Waals surface area contributed by atoms with Gasteiger partial charge in [-0.2, -0.15) is 0 Å². The molecule has 2 heteroatoms. The lowest BCUT2D eigenvalue weighted by molar-refractivity contribution is 0.457. The average Bonchev–Trinajstić information content (AvgIpc) is 2.59. The van der Waals surface area contributed by atoms with E-state index in [-0.39, 0.29) is 0 Å². The Morgan fingerprint density at radius 3 is 1.10 bits per heavy atom. The van der Waals surface area contributed by atoms with E-state index in [9.17, 15) is 0 Å². The van der Waals surface area contributed by atoms with Crippen molar-refractivity contribution in [1.29, 1.82) is 1.34 Å². The molecule has 3 aliphatic rings. The Bertz CT molecular complexity index is 259. The van der Waals surface area contributed by atoms with Gasteiger partial charge in [0.1, 0.15) is 0 Å². The Kier molecular flexibility index (Phi) is 5.06. The Labute approximate surface area is 129 Å². The molecule has 0 atom stereocenters. The standard InChI is InChI=1S/C18H34BP/c19-20(16-10-4-1-5-11-16,17-12-6-2-7-13-17)18-14-8-3-9-15-18/h16-19H,1-15H2/i19D. The minimum absolute atomic E-state index is 0.954. The van der Waals surface area contributed by atoms with Gasteiger partial charge in [0.2, 0.25) is 0 Å².